The van der Waals surface area contributed by atoms with Gasteiger partial charge < -0.3 is 9.64 Å². The van der Waals surface area contributed by atoms with Crippen LogP contribution in [0, 0.1) is 6.92 Å². The quantitative estimate of drug-likeness (QED) is 0.576. The summed E-state index contributed by atoms with van der Waals surface area (Å²) in [5.74, 6) is 0.285. The van der Waals surface area contributed by atoms with Crippen LogP contribution in [0.15, 0.2) is 64.9 Å². The number of amides is 1. The zero-order chi connectivity index (χ0) is 22.0. The van der Waals surface area contributed by atoms with Crippen LogP contribution in [0.1, 0.15) is 39.7 Å². The van der Waals surface area contributed by atoms with Gasteiger partial charge in [-0.1, -0.05) is 24.3 Å². The Labute approximate surface area is 186 Å². The molecule has 6 nitrogen and oxygen atoms in total. The molecule has 0 aliphatic carbocycles. The van der Waals surface area contributed by atoms with Crippen LogP contribution in [0.4, 0.5) is 5.69 Å². The summed E-state index contributed by atoms with van der Waals surface area (Å²) in [5.41, 5.74) is 1.50. The minimum Gasteiger partial charge on any atom is -0.495 e. The van der Waals surface area contributed by atoms with Crippen LogP contribution < -0.4 is 9.46 Å². The van der Waals surface area contributed by atoms with Crippen molar-refractivity contribution in [1.82, 2.24) is 4.90 Å². The lowest BCUT2D eigenvalue weighted by Gasteiger charge is -2.25. The standard InChI is InChI=1S/C23H24N2O4S2/c1-16-11-12-17(31(27,28)24-19-7-3-4-9-21(19)29-2)15-18(16)23(26)25-13-5-8-20(25)22-10-6-14-30-22/h3-4,6-7,9-12,14-15,20,24H,5,8,13H2,1-2H3. The van der Waals surface area contributed by atoms with Crippen molar-refractivity contribution in [1.29, 1.82) is 0 Å². The minimum atomic E-state index is -3.90. The number of carbonyl (C=O) groups is 1. The average Bonchev–Trinajstić information content (AvgIpc) is 3.45. The van der Waals surface area contributed by atoms with Crippen molar-refractivity contribution in [2.45, 2.75) is 30.7 Å². The van der Waals surface area contributed by atoms with Crippen molar-refractivity contribution in [2.24, 2.45) is 0 Å². The molecule has 162 valence electrons. The van der Waals surface area contributed by atoms with E-state index >= 15 is 0 Å². The van der Waals surface area contributed by atoms with Gasteiger partial charge in [0.05, 0.1) is 23.7 Å². The van der Waals surface area contributed by atoms with Crippen LogP contribution in [0.5, 0.6) is 5.75 Å². The van der Waals surface area contributed by atoms with Gasteiger partial charge in [0.1, 0.15) is 5.75 Å². The molecule has 1 aliphatic rings. The van der Waals surface area contributed by atoms with Gasteiger partial charge in [-0.3, -0.25) is 9.52 Å². The highest BCUT2D eigenvalue weighted by Gasteiger charge is 2.32. The molecule has 3 aromatic rings. The van der Waals surface area contributed by atoms with E-state index < -0.39 is 10.0 Å². The molecule has 2 aromatic carbocycles. The van der Waals surface area contributed by atoms with E-state index in [4.69, 9.17) is 4.74 Å². The molecule has 1 aliphatic heterocycles. The minimum absolute atomic E-state index is 0.0406. The van der Waals surface area contributed by atoms with Crippen LogP contribution in [0.2, 0.25) is 0 Å². The first-order chi connectivity index (χ1) is 14.9. The number of aryl methyl sites for hydroxylation is 1. The summed E-state index contributed by atoms with van der Waals surface area (Å²) in [6.07, 6.45) is 1.85. The first kappa shape index (κ1) is 21.4. The predicted octanol–water partition coefficient (Wildman–Crippen LogP) is 4.84. The number of rotatable bonds is 6. The number of ether oxygens (including phenoxy) is 1. The lowest BCUT2D eigenvalue weighted by atomic mass is 10.1. The van der Waals surface area contributed by atoms with Gasteiger partial charge in [-0.25, -0.2) is 8.42 Å². The van der Waals surface area contributed by atoms with Gasteiger partial charge in [0.15, 0.2) is 0 Å². The van der Waals surface area contributed by atoms with E-state index in [-0.39, 0.29) is 16.8 Å². The summed E-state index contributed by atoms with van der Waals surface area (Å²) in [5, 5.41) is 2.01. The molecule has 31 heavy (non-hydrogen) atoms. The van der Waals surface area contributed by atoms with E-state index in [1.165, 1.54) is 19.2 Å². The van der Waals surface area contributed by atoms with Gasteiger partial charge >= 0.3 is 0 Å². The molecule has 1 fully saturated rings. The molecule has 0 radical (unpaired) electrons. The van der Waals surface area contributed by atoms with Crippen LogP contribution in [-0.2, 0) is 10.0 Å². The van der Waals surface area contributed by atoms with Crippen LogP contribution in [0.25, 0.3) is 0 Å². The van der Waals surface area contributed by atoms with Gasteiger partial charge in [-0.15, -0.1) is 11.3 Å². The van der Waals surface area contributed by atoms with Crippen molar-refractivity contribution < 1.29 is 17.9 Å². The third-order valence-corrected chi connectivity index (χ3v) is 7.82. The van der Waals surface area contributed by atoms with Crippen molar-refractivity contribution in [3.05, 3.63) is 76.0 Å². The van der Waals surface area contributed by atoms with Crippen molar-refractivity contribution >= 4 is 33.0 Å². The summed E-state index contributed by atoms with van der Waals surface area (Å²) >= 11 is 1.64. The molecule has 0 spiro atoms. The maximum absolute atomic E-state index is 13.4. The number of anilines is 1. The average molecular weight is 457 g/mol. The van der Waals surface area contributed by atoms with Gasteiger partial charge in [0, 0.05) is 17.0 Å². The first-order valence-corrected chi connectivity index (χ1v) is 12.4. The van der Waals surface area contributed by atoms with E-state index in [1.807, 2.05) is 29.3 Å². The highest BCUT2D eigenvalue weighted by Crippen LogP contribution is 2.36. The van der Waals surface area contributed by atoms with Crippen LogP contribution in [-0.4, -0.2) is 32.9 Å². The lowest BCUT2D eigenvalue weighted by Crippen LogP contribution is -2.31. The molecule has 1 unspecified atom stereocenters. The van der Waals surface area contributed by atoms with E-state index in [1.54, 1.807) is 41.7 Å². The number of hydrogen-bond donors (Lipinski definition) is 1. The molecule has 1 atom stereocenters. The maximum Gasteiger partial charge on any atom is 0.262 e. The summed E-state index contributed by atoms with van der Waals surface area (Å²) in [4.78, 5) is 16.5. The van der Waals surface area contributed by atoms with Gasteiger partial charge in [-0.2, -0.15) is 0 Å². The highest BCUT2D eigenvalue weighted by atomic mass is 32.2. The molecular formula is C23H24N2O4S2. The molecular weight excluding hydrogens is 432 g/mol. The van der Waals surface area contributed by atoms with Crippen molar-refractivity contribution in [3.8, 4) is 5.75 Å². The zero-order valence-electron chi connectivity index (χ0n) is 17.4. The Bertz CT molecular complexity index is 1190. The number of carbonyl (C=O) groups excluding carboxylic acids is 1. The van der Waals surface area contributed by atoms with Gasteiger partial charge in [0.25, 0.3) is 15.9 Å². The van der Waals surface area contributed by atoms with E-state index in [2.05, 4.69) is 4.72 Å². The molecule has 8 heteroatoms. The van der Waals surface area contributed by atoms with Gasteiger partial charge in [0.2, 0.25) is 0 Å². The fourth-order valence-corrected chi connectivity index (χ4v) is 5.84. The maximum atomic E-state index is 13.4. The topological polar surface area (TPSA) is 75.7 Å². The molecule has 2 heterocycles. The lowest BCUT2D eigenvalue weighted by molar-refractivity contribution is 0.0737. The normalized spacial score (nSPS) is 16.3. The second-order valence-corrected chi connectivity index (χ2v) is 10.1. The summed E-state index contributed by atoms with van der Waals surface area (Å²) in [7, 11) is -2.42. The molecule has 1 amide bonds. The number of nitrogens with zero attached hydrogens (tertiary/aromatic N) is 1. The van der Waals surface area contributed by atoms with Gasteiger partial charge in [-0.05, 0) is 61.0 Å². The monoisotopic (exact) mass is 456 g/mol. The summed E-state index contributed by atoms with van der Waals surface area (Å²) in [6, 6.07) is 15.5. The Morgan fingerprint density at radius 2 is 1.97 bits per heavy atom. The Morgan fingerprint density at radius 1 is 1.16 bits per heavy atom. The third kappa shape index (κ3) is 4.31. The number of benzene rings is 2. The number of likely N-dealkylation sites (tertiary alicyclic amines) is 1. The number of sulfonamides is 1. The van der Waals surface area contributed by atoms with E-state index in [0.717, 1.165) is 23.3 Å². The van der Waals surface area contributed by atoms with Crippen molar-refractivity contribution in [3.63, 3.8) is 0 Å². The Hall–Kier alpha value is -2.84. The summed E-state index contributed by atoms with van der Waals surface area (Å²) < 4.78 is 33.9. The SMILES string of the molecule is COc1ccccc1NS(=O)(=O)c1ccc(C)c(C(=O)N2CCCC2c2cccs2)c1. The first-order valence-electron chi connectivity index (χ1n) is 10.0. The molecule has 1 aromatic heterocycles. The number of methoxy groups -OCH3 is 1. The molecule has 1 N–H and O–H groups in total. The largest absolute Gasteiger partial charge is 0.495 e. The zero-order valence-corrected chi connectivity index (χ0v) is 19.0. The van der Waals surface area contributed by atoms with Crippen LogP contribution >= 0.6 is 11.3 Å². The third-order valence-electron chi connectivity index (χ3n) is 5.49. The number of hydrogen-bond acceptors (Lipinski definition) is 5. The predicted molar refractivity (Wildman–Crippen MR) is 122 cm³/mol. The Morgan fingerprint density at radius 3 is 2.71 bits per heavy atom. The number of thiophene rings is 1. The highest BCUT2D eigenvalue weighted by molar-refractivity contribution is 7.92. The molecule has 4 rings (SSSR count). The fourth-order valence-electron chi connectivity index (χ4n) is 3.87. The Kier molecular flexibility index (Phi) is 6.02. The molecule has 1 saturated heterocycles. The number of para-hydroxylation sites is 2. The molecule has 0 bridgehead atoms. The smallest absolute Gasteiger partial charge is 0.262 e. The summed E-state index contributed by atoms with van der Waals surface area (Å²) in [6.45, 7) is 2.49. The fraction of sp³-hybridized carbons (Fsp3) is 0.261. The second kappa shape index (κ2) is 8.72. The van der Waals surface area contributed by atoms with Crippen molar-refractivity contribution in [2.75, 3.05) is 18.4 Å². The van der Waals surface area contributed by atoms with Crippen LogP contribution in [0.3, 0.4) is 0 Å². The second-order valence-electron chi connectivity index (χ2n) is 7.45. The van der Waals surface area contributed by atoms with E-state index in [0.29, 0.717) is 23.5 Å². The Balaban J connectivity index is 1.64. The van der Waals surface area contributed by atoms with E-state index in [9.17, 15) is 13.2 Å². The number of nitrogens with one attached hydrogen (secondary N) is 1. The molecule has 0 saturated carbocycles.